The molecule has 1 atom stereocenters. The van der Waals surface area contributed by atoms with Crippen molar-refractivity contribution in [2.75, 3.05) is 53.6 Å². The summed E-state index contributed by atoms with van der Waals surface area (Å²) in [5.41, 5.74) is 1.26. The summed E-state index contributed by atoms with van der Waals surface area (Å²) < 4.78 is 22.6. The summed E-state index contributed by atoms with van der Waals surface area (Å²) in [4.78, 5) is 31.3. The number of carbonyl (C=O) groups excluding carboxylic acids is 1. The number of ether oxygens (including phenoxy) is 3. The van der Waals surface area contributed by atoms with Gasteiger partial charge in [0, 0.05) is 31.7 Å². The number of hydrogen-bond donors (Lipinski definition) is 0. The SMILES string of the molecule is COc1cccc([C@H]2c3c(oc4ccccc4c3=O)C(=O)N2CCCN2CCOCC2)c1OC. The Labute approximate surface area is 197 Å². The van der Waals surface area contributed by atoms with Crippen molar-refractivity contribution in [3.05, 3.63) is 69.6 Å². The second-order valence-corrected chi connectivity index (χ2v) is 8.46. The molecule has 0 unspecified atom stereocenters. The summed E-state index contributed by atoms with van der Waals surface area (Å²) in [6.45, 7) is 4.53. The Morgan fingerprint density at radius 2 is 1.76 bits per heavy atom. The predicted molar refractivity (Wildman–Crippen MR) is 127 cm³/mol. The van der Waals surface area contributed by atoms with Crippen LogP contribution in [0.2, 0.25) is 0 Å². The van der Waals surface area contributed by atoms with Crippen molar-refractivity contribution in [3.8, 4) is 11.5 Å². The molecule has 3 aromatic rings. The number of benzene rings is 2. The lowest BCUT2D eigenvalue weighted by Gasteiger charge is -2.29. The van der Waals surface area contributed by atoms with Gasteiger partial charge >= 0.3 is 0 Å². The van der Waals surface area contributed by atoms with Crippen LogP contribution in [0.25, 0.3) is 11.0 Å². The summed E-state index contributed by atoms with van der Waals surface area (Å²) in [5, 5.41) is 0.455. The van der Waals surface area contributed by atoms with Crippen LogP contribution in [0.1, 0.15) is 34.1 Å². The molecule has 34 heavy (non-hydrogen) atoms. The number of rotatable bonds is 7. The molecule has 1 aromatic heterocycles. The second kappa shape index (κ2) is 9.48. The third-order valence-corrected chi connectivity index (χ3v) is 6.58. The van der Waals surface area contributed by atoms with Crippen molar-refractivity contribution in [2.24, 2.45) is 0 Å². The van der Waals surface area contributed by atoms with Crippen LogP contribution in [0.15, 0.2) is 51.7 Å². The highest BCUT2D eigenvalue weighted by Crippen LogP contribution is 2.44. The molecule has 2 aliphatic heterocycles. The summed E-state index contributed by atoms with van der Waals surface area (Å²) in [5.74, 6) is 0.861. The van der Waals surface area contributed by atoms with Crippen molar-refractivity contribution >= 4 is 16.9 Å². The molecule has 0 aliphatic carbocycles. The zero-order chi connectivity index (χ0) is 23.7. The second-order valence-electron chi connectivity index (χ2n) is 8.46. The lowest BCUT2D eigenvalue weighted by atomic mass is 9.97. The summed E-state index contributed by atoms with van der Waals surface area (Å²) in [7, 11) is 3.13. The van der Waals surface area contributed by atoms with E-state index >= 15 is 0 Å². The van der Waals surface area contributed by atoms with E-state index in [9.17, 15) is 9.59 Å². The molecule has 1 amide bonds. The highest BCUT2D eigenvalue weighted by molar-refractivity contribution is 5.99. The van der Waals surface area contributed by atoms with Gasteiger partial charge in [-0.2, -0.15) is 0 Å². The first-order valence-corrected chi connectivity index (χ1v) is 11.5. The Morgan fingerprint density at radius 3 is 2.53 bits per heavy atom. The minimum atomic E-state index is -0.627. The first kappa shape index (κ1) is 22.4. The fourth-order valence-corrected chi connectivity index (χ4v) is 4.94. The normalized spacial score (nSPS) is 18.4. The van der Waals surface area contributed by atoms with Gasteiger partial charge in [0.15, 0.2) is 16.9 Å². The van der Waals surface area contributed by atoms with Crippen LogP contribution in [0, 0.1) is 0 Å². The standard InChI is InChI=1S/C26H28N2O6/c1-31-20-10-5-8-18(24(20)32-2)22-21-23(29)17-7-3-4-9-19(17)34-25(21)26(30)28(22)12-6-11-27-13-15-33-16-14-27/h3-5,7-10,22H,6,11-16H2,1-2H3/t22-/m0/s1. The molecular formula is C26H28N2O6. The summed E-state index contributed by atoms with van der Waals surface area (Å²) >= 11 is 0. The maximum Gasteiger partial charge on any atom is 0.290 e. The molecule has 178 valence electrons. The van der Waals surface area contributed by atoms with E-state index in [2.05, 4.69) is 4.90 Å². The topological polar surface area (TPSA) is 81.5 Å². The van der Waals surface area contributed by atoms with Gasteiger partial charge in [0.25, 0.3) is 5.91 Å². The van der Waals surface area contributed by atoms with Gasteiger partial charge in [0.05, 0.1) is 44.4 Å². The smallest absolute Gasteiger partial charge is 0.290 e. The number of para-hydroxylation sites is 2. The van der Waals surface area contributed by atoms with Crippen LogP contribution in [-0.4, -0.2) is 69.3 Å². The van der Waals surface area contributed by atoms with Crippen molar-refractivity contribution in [2.45, 2.75) is 12.5 Å². The third-order valence-electron chi connectivity index (χ3n) is 6.58. The maximum atomic E-state index is 13.6. The molecule has 3 heterocycles. The number of morpholine rings is 1. The van der Waals surface area contributed by atoms with E-state index in [1.807, 2.05) is 12.1 Å². The first-order valence-electron chi connectivity index (χ1n) is 11.5. The fraction of sp³-hybridized carbons (Fsp3) is 0.385. The fourth-order valence-electron chi connectivity index (χ4n) is 4.94. The highest BCUT2D eigenvalue weighted by atomic mass is 16.5. The van der Waals surface area contributed by atoms with E-state index in [1.165, 1.54) is 0 Å². The lowest BCUT2D eigenvalue weighted by molar-refractivity contribution is 0.0353. The van der Waals surface area contributed by atoms with Crippen LogP contribution < -0.4 is 14.9 Å². The van der Waals surface area contributed by atoms with Crippen molar-refractivity contribution in [3.63, 3.8) is 0 Å². The van der Waals surface area contributed by atoms with Gasteiger partial charge in [0.2, 0.25) is 5.76 Å². The molecule has 2 aromatic carbocycles. The van der Waals surface area contributed by atoms with Gasteiger partial charge < -0.3 is 23.5 Å². The number of hydrogen-bond acceptors (Lipinski definition) is 7. The molecular weight excluding hydrogens is 436 g/mol. The molecule has 5 rings (SSSR count). The summed E-state index contributed by atoms with van der Waals surface area (Å²) in [6, 6.07) is 11.9. The molecule has 8 nitrogen and oxygen atoms in total. The van der Waals surface area contributed by atoms with Crippen molar-refractivity contribution in [1.82, 2.24) is 9.80 Å². The number of methoxy groups -OCH3 is 2. The third kappa shape index (κ3) is 3.82. The van der Waals surface area contributed by atoms with Crippen LogP contribution in [0.4, 0.5) is 0 Å². The largest absolute Gasteiger partial charge is 0.493 e. The van der Waals surface area contributed by atoms with Gasteiger partial charge in [-0.05, 0) is 24.6 Å². The van der Waals surface area contributed by atoms with E-state index in [0.29, 0.717) is 40.1 Å². The van der Waals surface area contributed by atoms with Crippen LogP contribution >= 0.6 is 0 Å². The van der Waals surface area contributed by atoms with Gasteiger partial charge in [0.1, 0.15) is 5.58 Å². The first-order chi connectivity index (χ1) is 16.6. The monoisotopic (exact) mass is 464 g/mol. The average molecular weight is 465 g/mol. The van der Waals surface area contributed by atoms with E-state index in [1.54, 1.807) is 49.5 Å². The molecule has 0 saturated carbocycles. The molecule has 2 aliphatic rings. The maximum absolute atomic E-state index is 13.6. The Bertz CT molecular complexity index is 1260. The van der Waals surface area contributed by atoms with Crippen molar-refractivity contribution in [1.29, 1.82) is 0 Å². The Morgan fingerprint density at radius 1 is 0.971 bits per heavy atom. The lowest BCUT2D eigenvalue weighted by Crippen LogP contribution is -2.39. The molecule has 1 fully saturated rings. The Kier molecular flexibility index (Phi) is 6.26. The average Bonchev–Trinajstić information content (AvgIpc) is 3.15. The van der Waals surface area contributed by atoms with Gasteiger partial charge in [-0.1, -0.05) is 24.3 Å². The van der Waals surface area contributed by atoms with Gasteiger partial charge in [-0.25, -0.2) is 0 Å². The molecule has 0 radical (unpaired) electrons. The van der Waals surface area contributed by atoms with Gasteiger partial charge in [-0.3, -0.25) is 14.5 Å². The summed E-state index contributed by atoms with van der Waals surface area (Å²) in [6.07, 6.45) is 0.760. The number of fused-ring (bicyclic) bond motifs is 2. The molecule has 0 N–H and O–H groups in total. The molecule has 0 spiro atoms. The van der Waals surface area contributed by atoms with Crippen LogP contribution in [0.5, 0.6) is 11.5 Å². The van der Waals surface area contributed by atoms with Crippen LogP contribution in [-0.2, 0) is 4.74 Å². The highest BCUT2D eigenvalue weighted by Gasteiger charge is 2.44. The number of nitrogens with zero attached hydrogens (tertiary/aromatic N) is 2. The Hall–Kier alpha value is -3.36. The molecule has 8 heteroatoms. The predicted octanol–water partition coefficient (Wildman–Crippen LogP) is 3.08. The number of amides is 1. The van der Waals surface area contributed by atoms with E-state index in [4.69, 9.17) is 18.6 Å². The quantitative estimate of drug-likeness (QED) is 0.532. The van der Waals surface area contributed by atoms with Crippen LogP contribution in [0.3, 0.4) is 0 Å². The minimum absolute atomic E-state index is 0.102. The van der Waals surface area contributed by atoms with E-state index in [0.717, 1.165) is 39.3 Å². The molecule has 0 bridgehead atoms. The van der Waals surface area contributed by atoms with Crippen molar-refractivity contribution < 1.29 is 23.4 Å². The van der Waals surface area contributed by atoms with E-state index < -0.39 is 6.04 Å². The molecule has 1 saturated heterocycles. The van der Waals surface area contributed by atoms with Gasteiger partial charge in [-0.15, -0.1) is 0 Å². The Balaban J connectivity index is 1.59. The number of carbonyl (C=O) groups is 1. The van der Waals surface area contributed by atoms with E-state index in [-0.39, 0.29) is 17.1 Å². The zero-order valence-electron chi connectivity index (χ0n) is 19.4. The zero-order valence-corrected chi connectivity index (χ0v) is 19.4. The minimum Gasteiger partial charge on any atom is -0.493 e.